The number of nitrogens with one attached hydrogen (secondary N) is 4. The van der Waals surface area contributed by atoms with Crippen LogP contribution in [0.3, 0.4) is 0 Å². The predicted molar refractivity (Wildman–Crippen MR) is 111 cm³/mol. The van der Waals surface area contributed by atoms with Gasteiger partial charge in [-0.3, -0.25) is 15.6 Å². The zero-order valence-electron chi connectivity index (χ0n) is 16.8. The lowest BCUT2D eigenvalue weighted by atomic mass is 10.2. The first-order valence-electron chi connectivity index (χ1n) is 9.59. The molecule has 1 heterocycles. The van der Waals surface area contributed by atoms with E-state index in [0.717, 1.165) is 45.8 Å². The number of carbonyl (C=O) groups excluding carboxylic acids is 1. The standard InChI is InChI=1S/C19H30N4O4S/c1-14(2)27-16-6-5-15(13-17(16)25-3)18(24)21-22-19(28)20-7-4-8-23-9-11-26-12-10-23/h5-6,13-14H,4,7-12H2,1-3H3,(H,21,24)(H2,20,22,28)/p+1. The number of thiocarbonyl (C=S) groups is 1. The zero-order chi connectivity index (χ0) is 20.4. The molecule has 28 heavy (non-hydrogen) atoms. The molecule has 1 saturated heterocycles. The molecular formula is C19H31N4O4S+. The van der Waals surface area contributed by atoms with Crippen LogP contribution in [-0.2, 0) is 4.74 Å². The lowest BCUT2D eigenvalue weighted by molar-refractivity contribution is -0.908. The van der Waals surface area contributed by atoms with Gasteiger partial charge in [0.2, 0.25) is 0 Å². The maximum Gasteiger partial charge on any atom is 0.269 e. The number of carbonyl (C=O) groups is 1. The SMILES string of the molecule is COc1cc(C(=O)NNC(=S)NCCC[NH+]2CCOCC2)ccc1OC(C)C. The van der Waals surface area contributed by atoms with Crippen molar-refractivity contribution in [3.63, 3.8) is 0 Å². The second-order valence-electron chi connectivity index (χ2n) is 6.83. The highest BCUT2D eigenvalue weighted by atomic mass is 32.1. The smallest absolute Gasteiger partial charge is 0.269 e. The number of morpholine rings is 1. The van der Waals surface area contributed by atoms with E-state index in [4.69, 9.17) is 26.4 Å². The number of hydrazine groups is 1. The van der Waals surface area contributed by atoms with E-state index in [2.05, 4.69) is 16.2 Å². The Hall–Kier alpha value is -2.10. The predicted octanol–water partition coefficient (Wildman–Crippen LogP) is -0.103. The molecule has 1 aliphatic heterocycles. The average molecular weight is 412 g/mol. The molecule has 0 aromatic heterocycles. The molecular weight excluding hydrogens is 380 g/mol. The third-order valence-corrected chi connectivity index (χ3v) is 4.52. The van der Waals surface area contributed by atoms with Gasteiger partial charge in [0.15, 0.2) is 16.6 Å². The molecule has 8 nitrogen and oxygen atoms in total. The minimum Gasteiger partial charge on any atom is -0.493 e. The fourth-order valence-electron chi connectivity index (χ4n) is 2.84. The molecule has 1 aliphatic rings. The van der Waals surface area contributed by atoms with Gasteiger partial charge in [-0.05, 0) is 44.3 Å². The van der Waals surface area contributed by atoms with Gasteiger partial charge >= 0.3 is 0 Å². The highest BCUT2D eigenvalue weighted by Gasteiger charge is 2.14. The summed E-state index contributed by atoms with van der Waals surface area (Å²) in [7, 11) is 1.54. The highest BCUT2D eigenvalue weighted by Crippen LogP contribution is 2.28. The van der Waals surface area contributed by atoms with Crippen molar-refractivity contribution in [2.45, 2.75) is 26.4 Å². The molecule has 1 aromatic rings. The summed E-state index contributed by atoms with van der Waals surface area (Å²) in [5.74, 6) is 0.797. The Morgan fingerprint density at radius 1 is 1.25 bits per heavy atom. The van der Waals surface area contributed by atoms with Crippen molar-refractivity contribution in [3.8, 4) is 11.5 Å². The topological polar surface area (TPSA) is 85.3 Å². The summed E-state index contributed by atoms with van der Waals surface area (Å²) in [4.78, 5) is 13.9. The van der Waals surface area contributed by atoms with E-state index in [9.17, 15) is 4.79 Å². The monoisotopic (exact) mass is 411 g/mol. The molecule has 4 N–H and O–H groups in total. The van der Waals surface area contributed by atoms with Crippen molar-refractivity contribution in [1.29, 1.82) is 0 Å². The van der Waals surface area contributed by atoms with Gasteiger partial charge in [0.05, 0.1) is 33.0 Å². The molecule has 0 atom stereocenters. The molecule has 9 heteroatoms. The van der Waals surface area contributed by atoms with E-state index in [0.29, 0.717) is 22.2 Å². The third-order valence-electron chi connectivity index (χ3n) is 4.27. The quantitative estimate of drug-likeness (QED) is 0.270. The number of benzene rings is 1. The van der Waals surface area contributed by atoms with E-state index in [1.165, 1.54) is 0 Å². The van der Waals surface area contributed by atoms with Gasteiger partial charge in [0.1, 0.15) is 13.1 Å². The summed E-state index contributed by atoms with van der Waals surface area (Å²) in [5.41, 5.74) is 5.76. The van der Waals surface area contributed by atoms with Crippen LogP contribution in [0, 0.1) is 0 Å². The minimum atomic E-state index is -0.309. The Bertz CT molecular complexity index is 651. The van der Waals surface area contributed by atoms with Crippen LogP contribution in [0.25, 0.3) is 0 Å². The largest absolute Gasteiger partial charge is 0.493 e. The number of ether oxygens (including phenoxy) is 3. The van der Waals surface area contributed by atoms with Crippen LogP contribution in [0.15, 0.2) is 18.2 Å². The van der Waals surface area contributed by atoms with Crippen LogP contribution in [0.2, 0.25) is 0 Å². The summed E-state index contributed by atoms with van der Waals surface area (Å²) >= 11 is 5.20. The number of rotatable bonds is 8. The van der Waals surface area contributed by atoms with Gasteiger partial charge in [0, 0.05) is 18.5 Å². The Morgan fingerprint density at radius 3 is 2.68 bits per heavy atom. The van der Waals surface area contributed by atoms with Gasteiger partial charge in [0.25, 0.3) is 5.91 Å². The van der Waals surface area contributed by atoms with Crippen molar-refractivity contribution in [2.75, 3.05) is 46.5 Å². The van der Waals surface area contributed by atoms with Crippen molar-refractivity contribution < 1.29 is 23.9 Å². The number of hydrogen-bond acceptors (Lipinski definition) is 5. The first-order valence-corrected chi connectivity index (χ1v) is 10.0. The van der Waals surface area contributed by atoms with Crippen molar-refractivity contribution >= 4 is 23.2 Å². The van der Waals surface area contributed by atoms with Crippen molar-refractivity contribution in [1.82, 2.24) is 16.2 Å². The summed E-state index contributed by atoms with van der Waals surface area (Å²) in [6, 6.07) is 5.04. The van der Waals surface area contributed by atoms with E-state index in [1.54, 1.807) is 30.2 Å². The number of quaternary nitrogens is 1. The maximum absolute atomic E-state index is 12.3. The minimum absolute atomic E-state index is 0.0172. The van der Waals surface area contributed by atoms with Crippen LogP contribution >= 0.6 is 12.2 Å². The Labute approximate surface area is 171 Å². The number of amides is 1. The second-order valence-corrected chi connectivity index (χ2v) is 7.24. The number of methoxy groups -OCH3 is 1. The van der Waals surface area contributed by atoms with Crippen LogP contribution in [0.1, 0.15) is 30.6 Å². The summed E-state index contributed by atoms with van der Waals surface area (Å²) in [5, 5.41) is 3.48. The summed E-state index contributed by atoms with van der Waals surface area (Å²) in [6.45, 7) is 9.48. The molecule has 0 saturated carbocycles. The van der Waals surface area contributed by atoms with Crippen molar-refractivity contribution in [3.05, 3.63) is 23.8 Å². The van der Waals surface area contributed by atoms with Crippen LogP contribution in [0.5, 0.6) is 11.5 Å². The van der Waals surface area contributed by atoms with Crippen LogP contribution in [0.4, 0.5) is 0 Å². The maximum atomic E-state index is 12.3. The van der Waals surface area contributed by atoms with E-state index < -0.39 is 0 Å². The molecule has 0 unspecified atom stereocenters. The lowest BCUT2D eigenvalue weighted by Gasteiger charge is -2.23. The molecule has 0 bridgehead atoms. The Kier molecular flexibility index (Phi) is 9.26. The highest BCUT2D eigenvalue weighted by molar-refractivity contribution is 7.80. The summed E-state index contributed by atoms with van der Waals surface area (Å²) in [6.07, 6.45) is 1.02. The second kappa shape index (κ2) is 11.7. The van der Waals surface area contributed by atoms with Gasteiger partial charge in [-0.25, -0.2) is 0 Å². The fourth-order valence-corrected chi connectivity index (χ4v) is 2.99. The molecule has 0 radical (unpaired) electrons. The fraction of sp³-hybridized carbons (Fsp3) is 0.579. The first-order chi connectivity index (χ1) is 13.5. The van der Waals surface area contributed by atoms with Crippen LogP contribution in [-0.4, -0.2) is 63.6 Å². The molecule has 1 fully saturated rings. The van der Waals surface area contributed by atoms with Crippen LogP contribution < -0.4 is 30.5 Å². The van der Waals surface area contributed by atoms with Gasteiger partial charge in [-0.2, -0.15) is 0 Å². The van der Waals surface area contributed by atoms with Crippen molar-refractivity contribution in [2.24, 2.45) is 0 Å². The Morgan fingerprint density at radius 2 is 2.00 bits per heavy atom. The first kappa shape index (κ1) is 22.2. The van der Waals surface area contributed by atoms with Gasteiger partial charge in [-0.1, -0.05) is 0 Å². The van der Waals surface area contributed by atoms with Gasteiger partial charge < -0.3 is 24.4 Å². The Balaban J connectivity index is 1.71. The molecule has 1 amide bonds. The third kappa shape index (κ3) is 7.49. The molecule has 2 rings (SSSR count). The zero-order valence-corrected chi connectivity index (χ0v) is 17.6. The normalized spacial score (nSPS) is 14.4. The molecule has 156 valence electrons. The molecule has 1 aromatic carbocycles. The lowest BCUT2D eigenvalue weighted by Crippen LogP contribution is -3.14. The van der Waals surface area contributed by atoms with E-state index in [1.807, 2.05) is 13.8 Å². The van der Waals surface area contributed by atoms with E-state index >= 15 is 0 Å². The van der Waals surface area contributed by atoms with Gasteiger partial charge in [-0.15, -0.1) is 0 Å². The average Bonchev–Trinajstić information content (AvgIpc) is 2.70. The number of hydrogen-bond donors (Lipinski definition) is 4. The molecule has 0 spiro atoms. The summed E-state index contributed by atoms with van der Waals surface area (Å²) < 4.78 is 16.3. The van der Waals surface area contributed by atoms with E-state index in [-0.39, 0.29) is 12.0 Å². The molecule has 0 aliphatic carbocycles.